The molecule has 0 spiro atoms. The molecule has 0 heterocycles. The van der Waals surface area contributed by atoms with E-state index in [1.807, 2.05) is 19.1 Å². The van der Waals surface area contributed by atoms with E-state index in [9.17, 15) is 4.79 Å². The molecule has 1 aromatic carbocycles. The summed E-state index contributed by atoms with van der Waals surface area (Å²) in [5, 5.41) is 0. The third kappa shape index (κ3) is 2.56. The minimum absolute atomic E-state index is 0.284. The largest absolute Gasteiger partial charge is 0.426 e. The third-order valence-corrected chi connectivity index (χ3v) is 2.43. The average Bonchev–Trinajstić information content (AvgIpc) is 2.03. The van der Waals surface area contributed by atoms with Crippen molar-refractivity contribution in [2.75, 3.05) is 0 Å². The van der Waals surface area contributed by atoms with Crippen molar-refractivity contribution >= 4 is 21.9 Å². The van der Waals surface area contributed by atoms with E-state index in [0.717, 1.165) is 16.5 Å². The molecule has 0 bridgehead atoms. The van der Waals surface area contributed by atoms with Gasteiger partial charge in [0.1, 0.15) is 5.75 Å². The zero-order valence-corrected chi connectivity index (χ0v) is 9.22. The Kier molecular flexibility index (Phi) is 3.48. The summed E-state index contributed by atoms with van der Waals surface area (Å²) in [6, 6.07) is 5.58. The second kappa shape index (κ2) is 4.42. The minimum atomic E-state index is -0.284. The van der Waals surface area contributed by atoms with Crippen LogP contribution in [0.4, 0.5) is 0 Å². The van der Waals surface area contributed by atoms with Crippen LogP contribution in [0.2, 0.25) is 0 Å². The summed E-state index contributed by atoms with van der Waals surface area (Å²) in [6.45, 7) is 3.42. The minimum Gasteiger partial charge on any atom is -0.426 e. The maximum absolute atomic E-state index is 10.8. The van der Waals surface area contributed by atoms with Gasteiger partial charge >= 0.3 is 5.97 Å². The normalized spacial score (nSPS) is 9.77. The van der Waals surface area contributed by atoms with Crippen LogP contribution < -0.4 is 4.74 Å². The van der Waals surface area contributed by atoms with Gasteiger partial charge in [-0.25, -0.2) is 0 Å². The maximum Gasteiger partial charge on any atom is 0.308 e. The van der Waals surface area contributed by atoms with E-state index in [4.69, 9.17) is 4.74 Å². The van der Waals surface area contributed by atoms with Gasteiger partial charge in [0.05, 0.1) is 0 Å². The first-order valence-electron chi connectivity index (χ1n) is 4.11. The Balaban J connectivity index is 3.05. The van der Waals surface area contributed by atoms with Crippen LogP contribution in [-0.4, -0.2) is 5.97 Å². The van der Waals surface area contributed by atoms with E-state index in [2.05, 4.69) is 15.9 Å². The first-order chi connectivity index (χ1) is 6.15. The number of benzene rings is 1. The van der Waals surface area contributed by atoms with Gasteiger partial charge < -0.3 is 4.74 Å². The summed E-state index contributed by atoms with van der Waals surface area (Å²) < 4.78 is 6.03. The van der Waals surface area contributed by atoms with Crippen LogP contribution >= 0.6 is 15.9 Å². The molecule has 13 heavy (non-hydrogen) atoms. The van der Waals surface area contributed by atoms with Crippen molar-refractivity contribution in [2.45, 2.75) is 20.3 Å². The first-order valence-corrected chi connectivity index (χ1v) is 4.90. The van der Waals surface area contributed by atoms with E-state index >= 15 is 0 Å². The SMILES string of the molecule is CCc1c(Br)cccc1OC(C)=O. The lowest BCUT2D eigenvalue weighted by molar-refractivity contribution is -0.131. The molecule has 1 aromatic rings. The zero-order chi connectivity index (χ0) is 9.84. The van der Waals surface area contributed by atoms with Crippen LogP contribution in [-0.2, 0) is 11.2 Å². The number of hydrogen-bond acceptors (Lipinski definition) is 2. The number of hydrogen-bond donors (Lipinski definition) is 0. The molecule has 0 fully saturated rings. The summed E-state index contributed by atoms with van der Waals surface area (Å²) >= 11 is 3.41. The van der Waals surface area contributed by atoms with E-state index in [1.54, 1.807) is 6.07 Å². The fourth-order valence-electron chi connectivity index (χ4n) is 1.13. The summed E-state index contributed by atoms with van der Waals surface area (Å²) in [5.41, 5.74) is 1.03. The third-order valence-electron chi connectivity index (χ3n) is 1.68. The molecule has 1 rings (SSSR count). The Morgan fingerprint density at radius 1 is 1.54 bits per heavy atom. The van der Waals surface area contributed by atoms with E-state index in [0.29, 0.717) is 5.75 Å². The van der Waals surface area contributed by atoms with E-state index < -0.39 is 0 Å². The van der Waals surface area contributed by atoms with Crippen molar-refractivity contribution in [1.29, 1.82) is 0 Å². The molecule has 70 valence electrons. The number of halogens is 1. The Morgan fingerprint density at radius 3 is 2.77 bits per heavy atom. The second-order valence-corrected chi connectivity index (χ2v) is 3.52. The van der Waals surface area contributed by atoms with Crippen molar-refractivity contribution < 1.29 is 9.53 Å². The molecule has 0 radical (unpaired) electrons. The Labute approximate surface area is 86.0 Å². The van der Waals surface area contributed by atoms with Gasteiger partial charge in [-0.3, -0.25) is 4.79 Å². The van der Waals surface area contributed by atoms with Gasteiger partial charge in [0.25, 0.3) is 0 Å². The molecule has 0 aliphatic rings. The number of carbonyl (C=O) groups excluding carboxylic acids is 1. The zero-order valence-electron chi connectivity index (χ0n) is 7.63. The fraction of sp³-hybridized carbons (Fsp3) is 0.300. The molecule has 0 aromatic heterocycles. The Bertz CT molecular complexity index is 321. The summed E-state index contributed by atoms with van der Waals surface area (Å²) in [4.78, 5) is 10.8. The van der Waals surface area contributed by atoms with Crippen molar-refractivity contribution in [2.24, 2.45) is 0 Å². The lowest BCUT2D eigenvalue weighted by Crippen LogP contribution is -2.03. The van der Waals surface area contributed by atoms with Gasteiger partial charge in [-0.1, -0.05) is 28.9 Å². The van der Waals surface area contributed by atoms with E-state index in [1.165, 1.54) is 6.92 Å². The van der Waals surface area contributed by atoms with Crippen LogP contribution in [0.25, 0.3) is 0 Å². The van der Waals surface area contributed by atoms with Crippen LogP contribution in [0.5, 0.6) is 5.75 Å². The average molecular weight is 243 g/mol. The Hall–Kier alpha value is -0.830. The number of carbonyl (C=O) groups is 1. The highest BCUT2D eigenvalue weighted by molar-refractivity contribution is 9.10. The highest BCUT2D eigenvalue weighted by Crippen LogP contribution is 2.27. The molecule has 2 nitrogen and oxygen atoms in total. The molecule has 0 unspecified atom stereocenters. The van der Waals surface area contributed by atoms with Crippen molar-refractivity contribution in [3.8, 4) is 5.75 Å². The van der Waals surface area contributed by atoms with Crippen LogP contribution in [0.1, 0.15) is 19.4 Å². The highest BCUT2D eigenvalue weighted by Gasteiger charge is 2.06. The number of rotatable bonds is 2. The van der Waals surface area contributed by atoms with Gasteiger partial charge in [-0.05, 0) is 18.6 Å². The van der Waals surface area contributed by atoms with Crippen LogP contribution in [0.3, 0.4) is 0 Å². The molecule has 0 saturated carbocycles. The number of ether oxygens (including phenoxy) is 1. The van der Waals surface area contributed by atoms with Gasteiger partial charge in [-0.2, -0.15) is 0 Å². The number of esters is 1. The Morgan fingerprint density at radius 2 is 2.23 bits per heavy atom. The summed E-state index contributed by atoms with van der Waals surface area (Å²) in [6.07, 6.45) is 0.837. The molecule has 3 heteroatoms. The second-order valence-electron chi connectivity index (χ2n) is 2.66. The summed E-state index contributed by atoms with van der Waals surface area (Å²) in [7, 11) is 0. The molecule has 0 aliphatic carbocycles. The molecule has 0 N–H and O–H groups in total. The van der Waals surface area contributed by atoms with Gasteiger partial charge in [0.15, 0.2) is 0 Å². The molecular weight excluding hydrogens is 232 g/mol. The molecule has 0 atom stereocenters. The van der Waals surface area contributed by atoms with Gasteiger partial charge in [0, 0.05) is 17.0 Å². The van der Waals surface area contributed by atoms with Crippen LogP contribution in [0.15, 0.2) is 22.7 Å². The predicted molar refractivity (Wildman–Crippen MR) is 54.8 cm³/mol. The molecule has 0 amide bonds. The lowest BCUT2D eigenvalue weighted by Gasteiger charge is -2.08. The molecule has 0 aliphatic heterocycles. The van der Waals surface area contributed by atoms with Gasteiger partial charge in [0.2, 0.25) is 0 Å². The first kappa shape index (κ1) is 10.3. The molecule has 0 saturated heterocycles. The standard InChI is InChI=1S/C10H11BrO2/c1-3-8-9(11)5-4-6-10(8)13-7(2)12/h4-6H,3H2,1-2H3. The molecular formula is C10H11BrO2. The van der Waals surface area contributed by atoms with Crippen molar-refractivity contribution in [1.82, 2.24) is 0 Å². The summed E-state index contributed by atoms with van der Waals surface area (Å²) in [5.74, 6) is 0.358. The quantitative estimate of drug-likeness (QED) is 0.589. The van der Waals surface area contributed by atoms with Crippen LogP contribution in [0, 0.1) is 0 Å². The maximum atomic E-state index is 10.8. The predicted octanol–water partition coefficient (Wildman–Crippen LogP) is 2.94. The smallest absolute Gasteiger partial charge is 0.308 e. The lowest BCUT2D eigenvalue weighted by atomic mass is 10.1. The monoisotopic (exact) mass is 242 g/mol. The fourth-order valence-corrected chi connectivity index (χ4v) is 1.76. The highest BCUT2D eigenvalue weighted by atomic mass is 79.9. The van der Waals surface area contributed by atoms with Crippen molar-refractivity contribution in [3.05, 3.63) is 28.2 Å². The topological polar surface area (TPSA) is 26.3 Å². The van der Waals surface area contributed by atoms with Crippen molar-refractivity contribution in [3.63, 3.8) is 0 Å². The van der Waals surface area contributed by atoms with E-state index in [-0.39, 0.29) is 5.97 Å². The van der Waals surface area contributed by atoms with Gasteiger partial charge in [-0.15, -0.1) is 0 Å².